The predicted octanol–water partition coefficient (Wildman–Crippen LogP) is 3.10. The number of aryl methyl sites for hydroxylation is 2. The van der Waals surface area contributed by atoms with Gasteiger partial charge in [0.05, 0.1) is 15.9 Å². The molecule has 1 aromatic heterocycles. The van der Waals surface area contributed by atoms with E-state index in [4.69, 9.17) is 5.73 Å². The molecule has 1 fully saturated rings. The van der Waals surface area contributed by atoms with Gasteiger partial charge in [-0.2, -0.15) is 5.10 Å². The number of aromatic nitrogens is 2. The van der Waals surface area contributed by atoms with Gasteiger partial charge in [-0.05, 0) is 67.4 Å². The number of hydrogen-bond donors (Lipinski definition) is 1. The molecule has 1 aliphatic rings. The first-order chi connectivity index (χ1) is 10.1. The number of nitrogens with zero attached hydrogens (tertiary/aromatic N) is 2. The Bertz CT molecular complexity index is 490. The quantitative estimate of drug-likeness (QED) is 0.852. The summed E-state index contributed by atoms with van der Waals surface area (Å²) in [6.45, 7) is 5.72. The van der Waals surface area contributed by atoms with Crippen molar-refractivity contribution in [1.29, 1.82) is 0 Å². The Kier molecular flexibility index (Phi) is 5.99. The maximum atomic E-state index is 12.6. The highest BCUT2D eigenvalue weighted by molar-refractivity contribution is 9.10. The molecule has 0 radical (unpaired) electrons. The number of nitrogens with two attached hydrogens (primary N) is 1. The Morgan fingerprint density at radius 1 is 1.33 bits per heavy atom. The lowest BCUT2D eigenvalue weighted by molar-refractivity contribution is -0.123. The lowest BCUT2D eigenvalue weighted by Gasteiger charge is -2.26. The third-order valence-corrected chi connectivity index (χ3v) is 5.59. The minimum atomic E-state index is 0.213. The maximum absolute atomic E-state index is 12.6. The number of carbonyl (C=O) groups excluding carboxylic acids is 1. The van der Waals surface area contributed by atoms with Gasteiger partial charge >= 0.3 is 0 Å². The van der Waals surface area contributed by atoms with Crippen molar-refractivity contribution in [2.45, 2.75) is 58.9 Å². The van der Waals surface area contributed by atoms with E-state index in [2.05, 4.69) is 34.9 Å². The van der Waals surface area contributed by atoms with Crippen LogP contribution in [-0.2, 0) is 24.2 Å². The van der Waals surface area contributed by atoms with Crippen LogP contribution in [-0.4, -0.2) is 22.1 Å². The molecule has 2 N–H and O–H groups in total. The number of rotatable bonds is 6. The first-order valence-electron chi connectivity index (χ1n) is 8.07. The van der Waals surface area contributed by atoms with Crippen molar-refractivity contribution in [2.75, 3.05) is 6.54 Å². The monoisotopic (exact) mass is 355 g/mol. The number of halogens is 1. The average molecular weight is 356 g/mol. The topological polar surface area (TPSA) is 60.9 Å². The van der Waals surface area contributed by atoms with Crippen molar-refractivity contribution >= 4 is 21.7 Å². The fourth-order valence-electron chi connectivity index (χ4n) is 3.22. The highest BCUT2D eigenvalue weighted by Gasteiger charge is 2.27. The zero-order valence-corrected chi connectivity index (χ0v) is 14.7. The molecule has 0 amide bonds. The molecule has 1 aliphatic carbocycles. The van der Waals surface area contributed by atoms with Crippen LogP contribution in [0.3, 0.4) is 0 Å². The molecule has 0 bridgehead atoms. The molecule has 1 saturated carbocycles. The van der Waals surface area contributed by atoms with Crippen LogP contribution >= 0.6 is 15.9 Å². The molecule has 2 rings (SSSR count). The van der Waals surface area contributed by atoms with Crippen molar-refractivity contribution < 1.29 is 4.79 Å². The third kappa shape index (κ3) is 3.75. The largest absolute Gasteiger partial charge is 0.330 e. The molecule has 5 heteroatoms. The summed E-state index contributed by atoms with van der Waals surface area (Å²) >= 11 is 3.62. The first-order valence-corrected chi connectivity index (χ1v) is 8.86. The summed E-state index contributed by atoms with van der Waals surface area (Å²) in [5, 5.41) is 4.57. The van der Waals surface area contributed by atoms with E-state index in [9.17, 15) is 4.79 Å². The van der Waals surface area contributed by atoms with Crippen molar-refractivity contribution in [2.24, 2.45) is 17.6 Å². The van der Waals surface area contributed by atoms with E-state index in [0.29, 0.717) is 18.1 Å². The van der Waals surface area contributed by atoms with Gasteiger partial charge < -0.3 is 5.73 Å². The smallest absolute Gasteiger partial charge is 0.141 e. The summed E-state index contributed by atoms with van der Waals surface area (Å²) in [5.41, 5.74) is 7.81. The highest BCUT2D eigenvalue weighted by atomic mass is 79.9. The molecular weight excluding hydrogens is 330 g/mol. The second-order valence-corrected chi connectivity index (χ2v) is 6.77. The van der Waals surface area contributed by atoms with Crippen molar-refractivity contribution in [3.05, 3.63) is 15.9 Å². The van der Waals surface area contributed by atoms with Crippen LogP contribution in [0.4, 0.5) is 0 Å². The lowest BCUT2D eigenvalue weighted by Crippen LogP contribution is -2.27. The molecule has 0 spiro atoms. The van der Waals surface area contributed by atoms with Crippen LogP contribution in [0.5, 0.6) is 0 Å². The van der Waals surface area contributed by atoms with Crippen LogP contribution in [0.2, 0.25) is 0 Å². The molecule has 0 unspecified atom stereocenters. The van der Waals surface area contributed by atoms with E-state index in [0.717, 1.165) is 61.1 Å². The zero-order chi connectivity index (χ0) is 15.4. The summed E-state index contributed by atoms with van der Waals surface area (Å²) in [4.78, 5) is 12.6. The SMILES string of the molecule is CCc1nn(CC)c(CC(=O)C2CCC(CN)CC2)c1Br. The molecule has 0 saturated heterocycles. The number of ketones is 1. The van der Waals surface area contributed by atoms with Gasteiger partial charge in [0.25, 0.3) is 0 Å². The summed E-state index contributed by atoms with van der Waals surface area (Å²) in [7, 11) is 0. The molecule has 1 heterocycles. The molecule has 118 valence electrons. The van der Waals surface area contributed by atoms with Gasteiger partial charge in [0.1, 0.15) is 5.78 Å². The second-order valence-electron chi connectivity index (χ2n) is 5.97. The number of Topliss-reactive ketones (excluding diaryl/α,β-unsaturated/α-hetero) is 1. The molecule has 0 atom stereocenters. The Morgan fingerprint density at radius 2 is 2.00 bits per heavy atom. The Morgan fingerprint density at radius 3 is 2.52 bits per heavy atom. The summed E-state index contributed by atoms with van der Waals surface area (Å²) in [6, 6.07) is 0. The van der Waals surface area contributed by atoms with Crippen LogP contribution in [0.25, 0.3) is 0 Å². The Labute approximate surface area is 135 Å². The molecule has 21 heavy (non-hydrogen) atoms. The zero-order valence-electron chi connectivity index (χ0n) is 13.1. The van der Waals surface area contributed by atoms with E-state index in [-0.39, 0.29) is 5.92 Å². The Hall–Kier alpha value is -0.680. The normalized spacial score (nSPS) is 22.5. The van der Waals surface area contributed by atoms with Crippen LogP contribution < -0.4 is 5.73 Å². The van der Waals surface area contributed by atoms with E-state index in [1.165, 1.54) is 0 Å². The van der Waals surface area contributed by atoms with Gasteiger partial charge in [0.15, 0.2) is 0 Å². The summed E-state index contributed by atoms with van der Waals surface area (Å²) < 4.78 is 2.99. The maximum Gasteiger partial charge on any atom is 0.141 e. The van der Waals surface area contributed by atoms with Crippen LogP contribution in [0, 0.1) is 11.8 Å². The minimum absolute atomic E-state index is 0.213. The van der Waals surface area contributed by atoms with E-state index in [1.807, 2.05) is 4.68 Å². The molecule has 1 aromatic rings. The summed E-state index contributed by atoms with van der Waals surface area (Å²) in [5.74, 6) is 1.20. The van der Waals surface area contributed by atoms with Crippen molar-refractivity contribution in [3.8, 4) is 0 Å². The van der Waals surface area contributed by atoms with Gasteiger partial charge in [-0.1, -0.05) is 6.92 Å². The van der Waals surface area contributed by atoms with Gasteiger partial charge in [-0.3, -0.25) is 9.48 Å². The lowest BCUT2D eigenvalue weighted by atomic mass is 9.79. The molecule has 0 aromatic carbocycles. The van der Waals surface area contributed by atoms with E-state index in [1.54, 1.807) is 0 Å². The predicted molar refractivity (Wildman–Crippen MR) is 88.2 cm³/mol. The van der Waals surface area contributed by atoms with E-state index >= 15 is 0 Å². The van der Waals surface area contributed by atoms with Gasteiger partial charge in [-0.25, -0.2) is 0 Å². The van der Waals surface area contributed by atoms with Crippen molar-refractivity contribution in [1.82, 2.24) is 9.78 Å². The van der Waals surface area contributed by atoms with Gasteiger partial charge in [0.2, 0.25) is 0 Å². The summed E-state index contributed by atoms with van der Waals surface area (Å²) in [6.07, 6.45) is 5.58. The van der Waals surface area contributed by atoms with Gasteiger partial charge in [0, 0.05) is 18.9 Å². The number of hydrogen-bond acceptors (Lipinski definition) is 3. The second kappa shape index (κ2) is 7.54. The minimum Gasteiger partial charge on any atom is -0.330 e. The standard InChI is InChI=1S/C16H26BrN3O/c1-3-13-16(17)14(20(4-2)19-13)9-15(21)12-7-5-11(10-18)6-8-12/h11-12H,3-10,18H2,1-2H3. The van der Waals surface area contributed by atoms with Crippen LogP contribution in [0.1, 0.15) is 50.9 Å². The molecule has 4 nitrogen and oxygen atoms in total. The fourth-order valence-corrected chi connectivity index (χ4v) is 3.92. The van der Waals surface area contributed by atoms with Crippen molar-refractivity contribution in [3.63, 3.8) is 0 Å². The van der Waals surface area contributed by atoms with E-state index < -0.39 is 0 Å². The third-order valence-electron chi connectivity index (χ3n) is 4.67. The Balaban J connectivity index is 2.04. The first kappa shape index (κ1) is 16.7. The average Bonchev–Trinajstić information content (AvgIpc) is 2.83. The highest BCUT2D eigenvalue weighted by Crippen LogP contribution is 2.31. The molecule has 0 aliphatic heterocycles. The van der Waals surface area contributed by atoms with Crippen LogP contribution in [0.15, 0.2) is 4.47 Å². The molecular formula is C16H26BrN3O. The number of carbonyl (C=O) groups is 1. The van der Waals surface area contributed by atoms with Gasteiger partial charge in [-0.15, -0.1) is 0 Å². The fraction of sp³-hybridized carbons (Fsp3) is 0.750.